The minimum atomic E-state index is -0.902. The van der Waals surface area contributed by atoms with Gasteiger partial charge in [0.05, 0.1) is 27.1 Å². The van der Waals surface area contributed by atoms with Crippen molar-refractivity contribution in [2.24, 2.45) is 10.9 Å². The number of rotatable bonds is 8. The van der Waals surface area contributed by atoms with E-state index in [0.717, 1.165) is 0 Å². The van der Waals surface area contributed by atoms with E-state index in [-0.39, 0.29) is 33.0 Å². The Balaban J connectivity index is 1.82. The molecule has 3 N–H and O–H groups in total. The summed E-state index contributed by atoms with van der Waals surface area (Å²) in [6.07, 6.45) is -0.411. The normalized spacial score (nSPS) is 11.0. The first-order chi connectivity index (χ1) is 14.2. The Morgan fingerprint density at radius 1 is 1.13 bits per heavy atom. The number of hydrogen-bond donors (Lipinski definition) is 2. The number of nitrogens with two attached hydrogens (primary N) is 1. The number of anilines is 1. The second kappa shape index (κ2) is 10.6. The van der Waals surface area contributed by atoms with Gasteiger partial charge in [0, 0.05) is 17.2 Å². The molecule has 0 aromatic heterocycles. The molecule has 13 heteroatoms. The van der Waals surface area contributed by atoms with Gasteiger partial charge in [0.15, 0.2) is 6.61 Å². The van der Waals surface area contributed by atoms with Crippen LogP contribution in [0.25, 0.3) is 0 Å². The number of carbonyl (C=O) groups is 2. The van der Waals surface area contributed by atoms with Gasteiger partial charge in [-0.1, -0.05) is 40.0 Å². The van der Waals surface area contributed by atoms with E-state index < -0.39 is 29.8 Å². The number of benzene rings is 2. The van der Waals surface area contributed by atoms with Crippen molar-refractivity contribution in [3.05, 3.63) is 61.6 Å². The molecule has 1 amide bonds. The molecule has 158 valence electrons. The predicted molar refractivity (Wildman–Crippen MR) is 111 cm³/mol. The first kappa shape index (κ1) is 23.2. The zero-order chi connectivity index (χ0) is 22.3. The number of ether oxygens (including phenoxy) is 1. The molecule has 0 atom stereocenters. The third-order valence-corrected chi connectivity index (χ3v) is 4.10. The Hall–Kier alpha value is -3.08. The Labute approximate surface area is 184 Å². The standard InChI is InChI=1S/C17H13Cl3N4O6/c18-9-5-12(19)17(13(20)6-9)22-15(25)7-14(21)23-30-16(26)8-29-11-3-1-10(2-4-11)24(27)28/h1-6H,7-8H2,(H2,21,23)(H,22,25). The second-order valence-corrected chi connectivity index (χ2v) is 6.81. The first-order valence-electron chi connectivity index (χ1n) is 7.99. The molecule has 0 aliphatic heterocycles. The molecular weight excluding hydrogens is 463 g/mol. The molecule has 0 aliphatic carbocycles. The summed E-state index contributed by atoms with van der Waals surface area (Å²) in [5, 5.41) is 16.9. The van der Waals surface area contributed by atoms with Crippen LogP contribution in [-0.2, 0) is 14.4 Å². The number of oxime groups is 1. The van der Waals surface area contributed by atoms with Gasteiger partial charge in [0.25, 0.3) is 5.69 Å². The van der Waals surface area contributed by atoms with Gasteiger partial charge in [-0.15, -0.1) is 0 Å². The highest BCUT2D eigenvalue weighted by Crippen LogP contribution is 2.33. The van der Waals surface area contributed by atoms with E-state index in [2.05, 4.69) is 15.3 Å². The Morgan fingerprint density at radius 3 is 2.30 bits per heavy atom. The van der Waals surface area contributed by atoms with Gasteiger partial charge in [-0.2, -0.15) is 0 Å². The summed E-state index contributed by atoms with van der Waals surface area (Å²) in [6.45, 7) is -0.531. The zero-order valence-electron chi connectivity index (χ0n) is 14.9. The molecule has 0 radical (unpaired) electrons. The van der Waals surface area contributed by atoms with Gasteiger partial charge in [0.2, 0.25) is 5.91 Å². The molecule has 0 heterocycles. The monoisotopic (exact) mass is 474 g/mol. The average Bonchev–Trinajstić information content (AvgIpc) is 2.67. The topological polar surface area (TPSA) is 146 Å². The average molecular weight is 476 g/mol. The number of nitrogens with one attached hydrogen (secondary N) is 1. The van der Waals surface area contributed by atoms with Crippen LogP contribution in [0.3, 0.4) is 0 Å². The molecule has 0 saturated carbocycles. The fourth-order valence-electron chi connectivity index (χ4n) is 1.98. The maximum Gasteiger partial charge on any atom is 0.372 e. The third-order valence-electron chi connectivity index (χ3n) is 3.28. The van der Waals surface area contributed by atoms with Crippen molar-refractivity contribution < 1.29 is 24.1 Å². The van der Waals surface area contributed by atoms with E-state index in [1.54, 1.807) is 0 Å². The second-order valence-electron chi connectivity index (χ2n) is 5.55. The van der Waals surface area contributed by atoms with Gasteiger partial charge in [-0.25, -0.2) is 4.79 Å². The van der Waals surface area contributed by atoms with Crippen LogP contribution in [0.5, 0.6) is 5.75 Å². The lowest BCUT2D eigenvalue weighted by Crippen LogP contribution is -2.23. The lowest BCUT2D eigenvalue weighted by Gasteiger charge is -2.09. The van der Waals surface area contributed by atoms with Crippen LogP contribution in [0, 0.1) is 10.1 Å². The van der Waals surface area contributed by atoms with E-state index in [0.29, 0.717) is 5.02 Å². The Morgan fingerprint density at radius 2 is 1.73 bits per heavy atom. The highest BCUT2D eigenvalue weighted by atomic mass is 35.5. The van der Waals surface area contributed by atoms with Gasteiger partial charge >= 0.3 is 5.97 Å². The number of halogens is 3. The van der Waals surface area contributed by atoms with E-state index >= 15 is 0 Å². The fraction of sp³-hybridized carbons (Fsp3) is 0.118. The first-order valence-corrected chi connectivity index (χ1v) is 9.13. The molecule has 0 bridgehead atoms. The molecule has 0 fully saturated rings. The minimum absolute atomic E-state index is 0.123. The van der Waals surface area contributed by atoms with Crippen molar-refractivity contribution in [2.75, 3.05) is 11.9 Å². The van der Waals surface area contributed by atoms with E-state index in [1.807, 2.05) is 0 Å². The van der Waals surface area contributed by atoms with Gasteiger partial charge in [-0.05, 0) is 24.3 Å². The quantitative estimate of drug-likeness (QED) is 0.194. The van der Waals surface area contributed by atoms with Crippen LogP contribution in [0.4, 0.5) is 11.4 Å². The van der Waals surface area contributed by atoms with E-state index in [4.69, 9.17) is 45.3 Å². The van der Waals surface area contributed by atoms with Crippen molar-refractivity contribution in [1.29, 1.82) is 0 Å². The van der Waals surface area contributed by atoms with Gasteiger partial charge < -0.3 is 20.6 Å². The number of nitrogens with zero attached hydrogens (tertiary/aromatic N) is 2. The summed E-state index contributed by atoms with van der Waals surface area (Å²) in [6, 6.07) is 7.87. The number of non-ortho nitro benzene ring substituents is 1. The van der Waals surface area contributed by atoms with Crippen molar-refractivity contribution in [1.82, 2.24) is 0 Å². The molecule has 30 heavy (non-hydrogen) atoms. The lowest BCUT2D eigenvalue weighted by atomic mass is 10.3. The summed E-state index contributed by atoms with van der Waals surface area (Å²) in [4.78, 5) is 38.2. The number of hydrogen-bond acceptors (Lipinski definition) is 7. The number of amides is 1. The molecule has 2 aromatic rings. The zero-order valence-corrected chi connectivity index (χ0v) is 17.2. The predicted octanol–water partition coefficient (Wildman–Crippen LogP) is 3.78. The number of amidine groups is 1. The largest absolute Gasteiger partial charge is 0.482 e. The highest BCUT2D eigenvalue weighted by molar-refractivity contribution is 6.42. The maximum atomic E-state index is 12.0. The SMILES string of the molecule is N/C(CC(=O)Nc1c(Cl)cc(Cl)cc1Cl)=N\OC(=O)COc1ccc([N+](=O)[O-])cc1. The van der Waals surface area contributed by atoms with Crippen LogP contribution in [0.1, 0.15) is 6.42 Å². The third kappa shape index (κ3) is 7.07. The lowest BCUT2D eigenvalue weighted by molar-refractivity contribution is -0.384. The molecule has 2 rings (SSSR count). The summed E-state index contributed by atoms with van der Waals surface area (Å²) in [5.41, 5.74) is 5.57. The number of nitro groups is 1. The molecule has 0 spiro atoms. The molecule has 2 aromatic carbocycles. The van der Waals surface area contributed by atoms with E-state index in [1.165, 1.54) is 36.4 Å². The molecule has 0 aliphatic rings. The number of nitro benzene ring substituents is 1. The van der Waals surface area contributed by atoms with Crippen molar-refractivity contribution in [3.8, 4) is 5.75 Å². The van der Waals surface area contributed by atoms with Crippen molar-refractivity contribution in [2.45, 2.75) is 6.42 Å². The van der Waals surface area contributed by atoms with Crippen LogP contribution >= 0.6 is 34.8 Å². The minimum Gasteiger partial charge on any atom is -0.482 e. The highest BCUT2D eigenvalue weighted by Gasteiger charge is 2.13. The molecule has 0 unspecified atom stereocenters. The van der Waals surface area contributed by atoms with Crippen molar-refractivity contribution in [3.63, 3.8) is 0 Å². The van der Waals surface area contributed by atoms with Crippen LogP contribution < -0.4 is 15.8 Å². The maximum absolute atomic E-state index is 12.0. The molecular formula is C17H13Cl3N4O6. The fourth-order valence-corrected chi connectivity index (χ4v) is 2.90. The Bertz CT molecular complexity index is 974. The van der Waals surface area contributed by atoms with Gasteiger partial charge in [-0.3, -0.25) is 14.9 Å². The van der Waals surface area contributed by atoms with Crippen LogP contribution in [0.2, 0.25) is 15.1 Å². The Kier molecular flexibility index (Phi) is 8.22. The number of carbonyl (C=O) groups excluding carboxylic acids is 2. The summed E-state index contributed by atoms with van der Waals surface area (Å²) >= 11 is 17.7. The van der Waals surface area contributed by atoms with Gasteiger partial charge in [0.1, 0.15) is 11.6 Å². The van der Waals surface area contributed by atoms with Crippen LogP contribution in [0.15, 0.2) is 41.6 Å². The molecule has 10 nitrogen and oxygen atoms in total. The smallest absolute Gasteiger partial charge is 0.372 e. The van der Waals surface area contributed by atoms with Crippen LogP contribution in [-0.4, -0.2) is 29.2 Å². The van der Waals surface area contributed by atoms with Crippen molar-refractivity contribution >= 4 is 63.9 Å². The summed E-state index contributed by atoms with van der Waals surface area (Å²) in [7, 11) is 0. The summed E-state index contributed by atoms with van der Waals surface area (Å²) < 4.78 is 5.10. The van der Waals surface area contributed by atoms with E-state index in [9.17, 15) is 19.7 Å². The summed E-state index contributed by atoms with van der Waals surface area (Å²) in [5.74, 6) is -1.59. The molecule has 0 saturated heterocycles.